The van der Waals surface area contributed by atoms with Crippen LogP contribution in [0.15, 0.2) is 4.52 Å². The summed E-state index contributed by atoms with van der Waals surface area (Å²) in [5.41, 5.74) is 0. The Hall–Kier alpha value is -1.72. The van der Waals surface area contributed by atoms with Gasteiger partial charge >= 0.3 is 16.4 Å². The van der Waals surface area contributed by atoms with Crippen molar-refractivity contribution in [3.63, 3.8) is 0 Å². The largest absolute Gasteiger partial charge is 0.418 e. The second-order valence-electron chi connectivity index (χ2n) is 4.68. The summed E-state index contributed by atoms with van der Waals surface area (Å²) in [5.74, 6) is 0.766. The van der Waals surface area contributed by atoms with Crippen molar-refractivity contribution < 1.29 is 26.6 Å². The number of piperidine rings is 1. The Bertz CT molecular complexity index is 643. The van der Waals surface area contributed by atoms with Gasteiger partial charge in [-0.25, -0.2) is 4.79 Å². The third-order valence-corrected chi connectivity index (χ3v) is 3.69. The minimum absolute atomic E-state index is 0.284. The molecule has 1 N–H and O–H groups in total. The molecule has 2 saturated heterocycles. The number of rotatable bonds is 3. The fraction of sp³-hybridized carbons (Fsp3) is 0.667. The third kappa shape index (κ3) is 2.23. The zero-order chi connectivity index (χ0) is 14.5. The molecule has 2 amide bonds. The van der Waals surface area contributed by atoms with Crippen molar-refractivity contribution in [1.29, 1.82) is 0 Å². The molecule has 3 rings (SSSR count). The molecule has 0 spiro atoms. The van der Waals surface area contributed by atoms with Crippen LogP contribution in [0, 0.1) is 6.92 Å². The summed E-state index contributed by atoms with van der Waals surface area (Å²) >= 11 is 0. The van der Waals surface area contributed by atoms with Crippen molar-refractivity contribution in [3.8, 4) is 0 Å². The maximum Gasteiger partial charge on any atom is 0.418 e. The van der Waals surface area contributed by atoms with Crippen LogP contribution >= 0.6 is 0 Å². The maximum atomic E-state index is 12.1. The summed E-state index contributed by atoms with van der Waals surface area (Å²) in [4.78, 5) is 17.6. The van der Waals surface area contributed by atoms with E-state index in [1.807, 2.05) is 0 Å². The lowest BCUT2D eigenvalue weighted by Gasteiger charge is -2.27. The Morgan fingerprint density at radius 2 is 2.20 bits per heavy atom. The SMILES string of the molecule is Cc1nc([C@@H]2CC[C@H]3CN2C(=O)N3OS(=O)(=O)O)no1. The van der Waals surface area contributed by atoms with Crippen molar-refractivity contribution in [2.24, 2.45) is 0 Å². The molecule has 2 aliphatic heterocycles. The van der Waals surface area contributed by atoms with Crippen molar-refractivity contribution >= 4 is 16.4 Å². The molecule has 2 atom stereocenters. The standard InChI is InChI=1S/C9H12N4O6S/c1-5-10-8(11-18-5)7-3-2-6-4-12(7)9(14)13(6)19-20(15,16)17/h6-7H,2-4H2,1H3,(H,15,16,17)/t6-,7-/m0/s1. The second kappa shape index (κ2) is 4.40. The number of amides is 2. The molecule has 0 aromatic carbocycles. The summed E-state index contributed by atoms with van der Waals surface area (Å²) in [5, 5.41) is 4.47. The molecular weight excluding hydrogens is 292 g/mol. The van der Waals surface area contributed by atoms with Gasteiger partial charge < -0.3 is 9.42 Å². The second-order valence-corrected chi connectivity index (χ2v) is 5.69. The number of hydroxylamine groups is 2. The summed E-state index contributed by atoms with van der Waals surface area (Å²) in [7, 11) is -4.73. The van der Waals surface area contributed by atoms with Gasteiger partial charge in [0.05, 0.1) is 12.1 Å². The summed E-state index contributed by atoms with van der Waals surface area (Å²) in [6.07, 6.45) is 1.07. The molecule has 1 aromatic rings. The van der Waals surface area contributed by atoms with Gasteiger partial charge in [-0.05, 0) is 12.8 Å². The lowest BCUT2D eigenvalue weighted by molar-refractivity contribution is -0.0317. The highest BCUT2D eigenvalue weighted by Gasteiger charge is 2.48. The van der Waals surface area contributed by atoms with E-state index >= 15 is 0 Å². The number of hydrogen-bond acceptors (Lipinski definition) is 7. The van der Waals surface area contributed by atoms with Crippen molar-refractivity contribution in [1.82, 2.24) is 20.1 Å². The third-order valence-electron chi connectivity index (χ3n) is 3.34. The molecular formula is C9H12N4O6S. The van der Waals surface area contributed by atoms with Crippen LogP contribution < -0.4 is 0 Å². The Kier molecular flexibility index (Phi) is 2.92. The van der Waals surface area contributed by atoms with Gasteiger partial charge in [-0.15, -0.1) is 4.28 Å². The van der Waals surface area contributed by atoms with Crippen LogP contribution in [0.3, 0.4) is 0 Å². The summed E-state index contributed by atoms with van der Waals surface area (Å²) < 4.78 is 39.4. The Labute approximate surface area is 114 Å². The minimum atomic E-state index is -4.73. The number of aryl methyl sites for hydroxylation is 1. The molecule has 20 heavy (non-hydrogen) atoms. The quantitative estimate of drug-likeness (QED) is 0.776. The maximum absolute atomic E-state index is 12.1. The van der Waals surface area contributed by atoms with Crippen LogP contribution in [-0.2, 0) is 14.7 Å². The zero-order valence-electron chi connectivity index (χ0n) is 10.5. The van der Waals surface area contributed by atoms with E-state index in [1.165, 1.54) is 4.90 Å². The fourth-order valence-electron chi connectivity index (χ4n) is 2.55. The first kappa shape index (κ1) is 13.3. The van der Waals surface area contributed by atoms with Crippen LogP contribution in [0.1, 0.15) is 30.6 Å². The highest BCUT2D eigenvalue weighted by atomic mass is 32.3. The van der Waals surface area contributed by atoms with Gasteiger partial charge in [0, 0.05) is 13.5 Å². The van der Waals surface area contributed by atoms with Crippen LogP contribution in [0.4, 0.5) is 4.79 Å². The molecule has 2 fully saturated rings. The van der Waals surface area contributed by atoms with Crippen LogP contribution in [0.5, 0.6) is 0 Å². The lowest BCUT2D eigenvalue weighted by Crippen LogP contribution is -2.35. The number of hydrogen-bond donors (Lipinski definition) is 1. The van der Waals surface area contributed by atoms with Crippen molar-refractivity contribution in [2.75, 3.05) is 6.54 Å². The van der Waals surface area contributed by atoms with E-state index in [9.17, 15) is 13.2 Å². The van der Waals surface area contributed by atoms with E-state index in [1.54, 1.807) is 6.92 Å². The van der Waals surface area contributed by atoms with E-state index < -0.39 is 22.5 Å². The molecule has 2 bridgehead atoms. The van der Waals surface area contributed by atoms with E-state index in [4.69, 9.17) is 9.08 Å². The smallest absolute Gasteiger partial charge is 0.340 e. The topological polar surface area (TPSA) is 126 Å². The van der Waals surface area contributed by atoms with Crippen LogP contribution in [0.2, 0.25) is 0 Å². The molecule has 3 heterocycles. The molecule has 1 aromatic heterocycles. The van der Waals surface area contributed by atoms with Crippen molar-refractivity contribution in [3.05, 3.63) is 11.7 Å². The monoisotopic (exact) mass is 304 g/mol. The molecule has 10 nitrogen and oxygen atoms in total. The number of urea groups is 1. The highest BCUT2D eigenvalue weighted by Crippen LogP contribution is 2.37. The molecule has 0 saturated carbocycles. The number of nitrogens with zero attached hydrogens (tertiary/aromatic N) is 4. The van der Waals surface area contributed by atoms with Crippen molar-refractivity contribution in [2.45, 2.75) is 31.8 Å². The molecule has 0 aliphatic carbocycles. The average Bonchev–Trinajstić information content (AvgIpc) is 2.88. The fourth-order valence-corrected chi connectivity index (χ4v) is 2.94. The first-order chi connectivity index (χ1) is 9.35. The first-order valence-corrected chi connectivity index (χ1v) is 7.29. The van der Waals surface area contributed by atoms with Crippen LogP contribution in [-0.4, -0.2) is 51.7 Å². The lowest BCUT2D eigenvalue weighted by atomic mass is 10.0. The molecule has 0 radical (unpaired) electrons. The molecule has 2 aliphatic rings. The molecule has 0 unspecified atom stereocenters. The van der Waals surface area contributed by atoms with Gasteiger partial charge in [0.15, 0.2) is 5.82 Å². The van der Waals surface area contributed by atoms with Gasteiger partial charge in [-0.1, -0.05) is 5.16 Å². The molecule has 110 valence electrons. The van der Waals surface area contributed by atoms with E-state index in [0.717, 1.165) is 0 Å². The Balaban J connectivity index is 1.84. The van der Waals surface area contributed by atoms with Gasteiger partial charge in [-0.3, -0.25) is 4.55 Å². The molecule has 11 heteroatoms. The minimum Gasteiger partial charge on any atom is -0.340 e. The summed E-state index contributed by atoms with van der Waals surface area (Å²) in [6.45, 7) is 1.92. The number of carbonyl (C=O) groups is 1. The number of fused-ring (bicyclic) bond motifs is 2. The van der Waals surface area contributed by atoms with E-state index in [2.05, 4.69) is 14.4 Å². The van der Waals surface area contributed by atoms with Crippen LogP contribution in [0.25, 0.3) is 0 Å². The van der Waals surface area contributed by atoms with E-state index in [0.29, 0.717) is 29.6 Å². The van der Waals surface area contributed by atoms with Gasteiger partial charge in [0.1, 0.15) is 0 Å². The average molecular weight is 304 g/mol. The normalized spacial score (nSPS) is 26.4. The van der Waals surface area contributed by atoms with Gasteiger partial charge in [-0.2, -0.15) is 18.5 Å². The number of aromatic nitrogens is 2. The zero-order valence-corrected chi connectivity index (χ0v) is 11.3. The Morgan fingerprint density at radius 3 is 2.80 bits per heavy atom. The highest BCUT2D eigenvalue weighted by molar-refractivity contribution is 7.80. The van der Waals surface area contributed by atoms with Gasteiger partial charge in [0.25, 0.3) is 0 Å². The summed E-state index contributed by atoms with van der Waals surface area (Å²) in [6, 6.07) is -1.45. The number of carbonyl (C=O) groups excluding carboxylic acids is 1. The van der Waals surface area contributed by atoms with E-state index in [-0.39, 0.29) is 12.6 Å². The first-order valence-electron chi connectivity index (χ1n) is 5.92. The Morgan fingerprint density at radius 1 is 1.45 bits per heavy atom. The predicted molar refractivity (Wildman–Crippen MR) is 61.4 cm³/mol. The van der Waals surface area contributed by atoms with Gasteiger partial charge in [0.2, 0.25) is 5.89 Å². The predicted octanol–water partition coefficient (Wildman–Crippen LogP) is 0.0535.